The first-order valence-corrected chi connectivity index (χ1v) is 10.2. The molecule has 6 heteroatoms. The number of carbonyl (C=O) groups is 1. The minimum Gasteiger partial charge on any atom is -0.357 e. The molecule has 0 saturated carbocycles. The van der Waals surface area contributed by atoms with Gasteiger partial charge < -0.3 is 15.5 Å². The maximum absolute atomic E-state index is 11.9. The summed E-state index contributed by atoms with van der Waals surface area (Å²) in [7, 11) is 0. The van der Waals surface area contributed by atoms with Crippen LogP contribution in [0.1, 0.15) is 39.2 Å². The Bertz CT molecular complexity index is 581. The number of nitrogens with zero attached hydrogens (tertiary/aromatic N) is 3. The number of carbonyl (C=O) groups excluding carboxylic acids is 1. The van der Waals surface area contributed by atoms with Gasteiger partial charge >= 0.3 is 0 Å². The van der Waals surface area contributed by atoms with E-state index in [1.807, 2.05) is 6.92 Å². The number of rotatable bonds is 8. The van der Waals surface area contributed by atoms with Crippen molar-refractivity contribution >= 4 is 11.9 Å². The fourth-order valence-electron chi connectivity index (χ4n) is 3.10. The SMILES string of the molecule is CCNC(=NCCC(=O)NC(C)CC)N1CCN(Cc2ccccc2)CC1. The van der Waals surface area contributed by atoms with Crippen molar-refractivity contribution < 1.29 is 4.79 Å². The largest absolute Gasteiger partial charge is 0.357 e. The van der Waals surface area contributed by atoms with Crippen molar-refractivity contribution in [3.8, 4) is 0 Å². The normalized spacial score (nSPS) is 16.9. The van der Waals surface area contributed by atoms with E-state index < -0.39 is 0 Å². The second-order valence-corrected chi connectivity index (χ2v) is 7.11. The maximum Gasteiger partial charge on any atom is 0.222 e. The lowest BCUT2D eigenvalue weighted by Crippen LogP contribution is -2.52. The number of aliphatic imine (C=N–C) groups is 1. The van der Waals surface area contributed by atoms with Crippen molar-refractivity contribution in [3.63, 3.8) is 0 Å². The number of amides is 1. The van der Waals surface area contributed by atoms with Gasteiger partial charge in [-0.25, -0.2) is 0 Å². The molecule has 1 unspecified atom stereocenters. The first kappa shape index (κ1) is 21.2. The lowest BCUT2D eigenvalue weighted by Gasteiger charge is -2.36. The Balaban J connectivity index is 1.80. The molecule has 2 rings (SSSR count). The molecule has 1 aromatic carbocycles. The molecule has 1 aliphatic rings. The Morgan fingerprint density at radius 2 is 1.85 bits per heavy atom. The molecule has 0 aromatic heterocycles. The van der Waals surface area contributed by atoms with E-state index in [0.717, 1.165) is 51.6 Å². The first-order chi connectivity index (χ1) is 13.1. The third kappa shape index (κ3) is 7.59. The van der Waals surface area contributed by atoms with E-state index >= 15 is 0 Å². The molecular weight excluding hydrogens is 338 g/mol. The second-order valence-electron chi connectivity index (χ2n) is 7.11. The number of benzene rings is 1. The summed E-state index contributed by atoms with van der Waals surface area (Å²) >= 11 is 0. The molecule has 1 saturated heterocycles. The van der Waals surface area contributed by atoms with Gasteiger partial charge in [0.25, 0.3) is 0 Å². The Morgan fingerprint density at radius 1 is 1.15 bits per heavy atom. The standard InChI is InChI=1S/C21H35N5O/c1-4-18(3)24-20(27)11-12-23-21(22-5-2)26-15-13-25(14-16-26)17-19-9-7-6-8-10-19/h6-10,18H,4-5,11-17H2,1-3H3,(H,22,23)(H,24,27). The summed E-state index contributed by atoms with van der Waals surface area (Å²) in [4.78, 5) is 21.4. The predicted molar refractivity (Wildman–Crippen MR) is 112 cm³/mol. The maximum atomic E-state index is 11.9. The first-order valence-electron chi connectivity index (χ1n) is 10.2. The Morgan fingerprint density at radius 3 is 2.48 bits per heavy atom. The smallest absolute Gasteiger partial charge is 0.222 e. The summed E-state index contributed by atoms with van der Waals surface area (Å²) < 4.78 is 0. The number of hydrogen-bond donors (Lipinski definition) is 2. The third-order valence-electron chi connectivity index (χ3n) is 4.88. The van der Waals surface area contributed by atoms with Crippen LogP contribution in [-0.4, -0.2) is 67.0 Å². The molecule has 1 fully saturated rings. The van der Waals surface area contributed by atoms with Gasteiger partial charge in [0.15, 0.2) is 5.96 Å². The van der Waals surface area contributed by atoms with Crippen LogP contribution in [-0.2, 0) is 11.3 Å². The van der Waals surface area contributed by atoms with Crippen LogP contribution in [0.4, 0.5) is 0 Å². The van der Waals surface area contributed by atoms with E-state index in [1.165, 1.54) is 5.56 Å². The molecule has 6 nitrogen and oxygen atoms in total. The molecule has 1 heterocycles. The summed E-state index contributed by atoms with van der Waals surface area (Å²) in [6.07, 6.45) is 1.39. The highest BCUT2D eigenvalue weighted by molar-refractivity contribution is 5.81. The zero-order valence-electron chi connectivity index (χ0n) is 17.1. The van der Waals surface area contributed by atoms with Crippen LogP contribution in [0, 0.1) is 0 Å². The summed E-state index contributed by atoms with van der Waals surface area (Å²) in [5, 5.41) is 6.36. The van der Waals surface area contributed by atoms with E-state index in [9.17, 15) is 4.79 Å². The number of hydrogen-bond acceptors (Lipinski definition) is 3. The van der Waals surface area contributed by atoms with Gasteiger partial charge in [-0.2, -0.15) is 0 Å². The minimum absolute atomic E-state index is 0.0802. The lowest BCUT2D eigenvalue weighted by molar-refractivity contribution is -0.121. The van der Waals surface area contributed by atoms with Crippen LogP contribution >= 0.6 is 0 Å². The topological polar surface area (TPSA) is 60.0 Å². The fourth-order valence-corrected chi connectivity index (χ4v) is 3.10. The van der Waals surface area contributed by atoms with Gasteiger partial charge in [-0.15, -0.1) is 0 Å². The van der Waals surface area contributed by atoms with Gasteiger partial charge in [-0.1, -0.05) is 37.3 Å². The fraction of sp³-hybridized carbons (Fsp3) is 0.619. The third-order valence-corrected chi connectivity index (χ3v) is 4.88. The Hall–Kier alpha value is -2.08. The monoisotopic (exact) mass is 373 g/mol. The van der Waals surface area contributed by atoms with E-state index in [2.05, 4.69) is 69.6 Å². The molecule has 0 aliphatic carbocycles. The van der Waals surface area contributed by atoms with Gasteiger partial charge in [0.2, 0.25) is 5.91 Å². The van der Waals surface area contributed by atoms with E-state index in [4.69, 9.17) is 0 Å². The van der Waals surface area contributed by atoms with Gasteiger partial charge in [0.1, 0.15) is 0 Å². The average Bonchev–Trinajstić information content (AvgIpc) is 2.68. The van der Waals surface area contributed by atoms with Crippen LogP contribution in [0.5, 0.6) is 0 Å². The van der Waals surface area contributed by atoms with Crippen LogP contribution < -0.4 is 10.6 Å². The molecule has 27 heavy (non-hydrogen) atoms. The quantitative estimate of drug-likeness (QED) is 0.541. The van der Waals surface area contributed by atoms with Crippen LogP contribution in [0.2, 0.25) is 0 Å². The second kappa shape index (κ2) is 11.6. The molecule has 2 N–H and O–H groups in total. The molecule has 1 aromatic rings. The van der Waals surface area contributed by atoms with Gasteiger partial charge in [-0.3, -0.25) is 14.7 Å². The molecule has 150 valence electrons. The van der Waals surface area contributed by atoms with Gasteiger partial charge in [-0.05, 0) is 25.8 Å². The average molecular weight is 374 g/mol. The molecule has 1 atom stereocenters. The zero-order valence-corrected chi connectivity index (χ0v) is 17.1. The van der Waals surface area contributed by atoms with Crippen molar-refractivity contribution in [2.45, 2.75) is 46.2 Å². The summed E-state index contributed by atoms with van der Waals surface area (Å²) in [5.74, 6) is 1.00. The van der Waals surface area contributed by atoms with Crippen molar-refractivity contribution in [2.75, 3.05) is 39.3 Å². The Kier molecular flexibility index (Phi) is 9.11. The predicted octanol–water partition coefficient (Wildman–Crippen LogP) is 2.07. The highest BCUT2D eigenvalue weighted by Gasteiger charge is 2.19. The Labute approximate surface area is 164 Å². The molecule has 0 spiro atoms. The number of nitrogens with one attached hydrogen (secondary N) is 2. The lowest BCUT2D eigenvalue weighted by atomic mass is 10.2. The van der Waals surface area contributed by atoms with Crippen molar-refractivity contribution in [1.82, 2.24) is 20.4 Å². The molecular formula is C21H35N5O. The highest BCUT2D eigenvalue weighted by Crippen LogP contribution is 2.08. The summed E-state index contributed by atoms with van der Waals surface area (Å²) in [5.41, 5.74) is 1.36. The van der Waals surface area contributed by atoms with Gasteiger partial charge in [0.05, 0.1) is 6.54 Å². The molecule has 0 bridgehead atoms. The minimum atomic E-state index is 0.0802. The van der Waals surface area contributed by atoms with Crippen LogP contribution in [0.25, 0.3) is 0 Å². The van der Waals surface area contributed by atoms with E-state index in [1.54, 1.807) is 0 Å². The van der Waals surface area contributed by atoms with Crippen LogP contribution in [0.15, 0.2) is 35.3 Å². The summed E-state index contributed by atoms with van der Waals surface area (Å²) in [6, 6.07) is 10.8. The number of guanidine groups is 1. The molecule has 1 amide bonds. The van der Waals surface area contributed by atoms with Crippen molar-refractivity contribution in [1.29, 1.82) is 0 Å². The molecule has 1 aliphatic heterocycles. The van der Waals surface area contributed by atoms with Crippen LogP contribution in [0.3, 0.4) is 0 Å². The van der Waals surface area contributed by atoms with Crippen molar-refractivity contribution in [2.24, 2.45) is 4.99 Å². The summed E-state index contributed by atoms with van der Waals surface area (Å²) in [6.45, 7) is 12.5. The molecule has 0 radical (unpaired) electrons. The van der Waals surface area contributed by atoms with Gasteiger partial charge in [0, 0.05) is 51.7 Å². The number of piperazine rings is 1. The van der Waals surface area contributed by atoms with E-state index in [-0.39, 0.29) is 11.9 Å². The highest BCUT2D eigenvalue weighted by atomic mass is 16.1. The van der Waals surface area contributed by atoms with E-state index in [0.29, 0.717) is 13.0 Å². The van der Waals surface area contributed by atoms with Crippen molar-refractivity contribution in [3.05, 3.63) is 35.9 Å². The zero-order chi connectivity index (χ0) is 19.5.